The van der Waals surface area contributed by atoms with Crippen molar-refractivity contribution in [1.29, 1.82) is 0 Å². The molecule has 0 aliphatic heterocycles. The minimum absolute atomic E-state index is 0.0326. The second kappa shape index (κ2) is 8.39. The number of carbonyl (C=O) groups is 1. The van der Waals surface area contributed by atoms with Crippen LogP contribution < -0.4 is 4.90 Å². The molecule has 0 spiro atoms. The number of aromatic nitrogens is 3. The van der Waals surface area contributed by atoms with E-state index < -0.39 is 0 Å². The monoisotopic (exact) mass is 422 g/mol. The van der Waals surface area contributed by atoms with Crippen LogP contribution in [0.1, 0.15) is 25.1 Å². The summed E-state index contributed by atoms with van der Waals surface area (Å²) in [5, 5.41) is 3.69. The third-order valence-electron chi connectivity index (χ3n) is 4.75. The minimum atomic E-state index is -0.0326. The van der Waals surface area contributed by atoms with Crippen LogP contribution in [0.4, 0.5) is 10.8 Å². The van der Waals surface area contributed by atoms with Crippen LogP contribution in [0.15, 0.2) is 59.1 Å². The first-order chi connectivity index (χ1) is 14.1. The number of carbonyl (C=O) groups excluding carboxylic acids is 1. The average molecular weight is 423 g/mol. The van der Waals surface area contributed by atoms with Gasteiger partial charge < -0.3 is 4.57 Å². The highest BCUT2D eigenvalue weighted by Gasteiger charge is 2.20. The summed E-state index contributed by atoms with van der Waals surface area (Å²) in [5.74, 6) is 0.671. The highest BCUT2D eigenvalue weighted by atomic mass is 32.2. The van der Waals surface area contributed by atoms with Crippen molar-refractivity contribution >= 4 is 50.9 Å². The zero-order valence-electron chi connectivity index (χ0n) is 16.6. The molecular weight excluding hydrogens is 400 g/mol. The van der Waals surface area contributed by atoms with Crippen molar-refractivity contribution in [1.82, 2.24) is 14.5 Å². The number of benzene rings is 2. The second-order valence-electron chi connectivity index (χ2n) is 6.69. The predicted molar refractivity (Wildman–Crippen MR) is 121 cm³/mol. The van der Waals surface area contributed by atoms with E-state index in [4.69, 9.17) is 9.97 Å². The number of aryl methyl sites for hydroxylation is 2. The van der Waals surface area contributed by atoms with Gasteiger partial charge in [0.25, 0.3) is 0 Å². The number of amides is 1. The summed E-state index contributed by atoms with van der Waals surface area (Å²) in [4.78, 5) is 23.6. The smallest absolute Gasteiger partial charge is 0.230 e. The van der Waals surface area contributed by atoms with E-state index in [1.807, 2.05) is 48.8 Å². The van der Waals surface area contributed by atoms with Crippen LogP contribution in [0.25, 0.3) is 11.0 Å². The number of imidazole rings is 1. The van der Waals surface area contributed by atoms with Crippen molar-refractivity contribution in [3.05, 3.63) is 65.2 Å². The number of rotatable bonds is 6. The fourth-order valence-corrected chi connectivity index (χ4v) is 5.16. The van der Waals surface area contributed by atoms with E-state index in [0.717, 1.165) is 39.6 Å². The number of nitrogens with zero attached hydrogens (tertiary/aromatic N) is 4. The lowest BCUT2D eigenvalue weighted by Gasteiger charge is -2.20. The standard InChI is InChI=1S/C22H22N4OS2/c1-4-16-9-5-7-11-19(16)26(15(2)27)22-23-17(14-29-22)13-28-21-24-18-10-6-8-12-20(18)25(21)3/h5-12,14H,4,13H2,1-3H3. The molecule has 4 aromatic rings. The number of thiazole rings is 1. The number of para-hydroxylation sites is 3. The summed E-state index contributed by atoms with van der Waals surface area (Å²) in [6.07, 6.45) is 0.862. The van der Waals surface area contributed by atoms with E-state index in [2.05, 4.69) is 23.6 Å². The number of hydrogen-bond donors (Lipinski definition) is 0. The first-order valence-corrected chi connectivity index (χ1v) is 11.3. The summed E-state index contributed by atoms with van der Waals surface area (Å²) >= 11 is 3.15. The van der Waals surface area contributed by atoms with Crippen molar-refractivity contribution in [2.24, 2.45) is 7.05 Å². The molecule has 0 aliphatic carbocycles. The Hall–Kier alpha value is -2.64. The van der Waals surface area contributed by atoms with Crippen LogP contribution in [0, 0.1) is 0 Å². The molecule has 0 bridgehead atoms. The van der Waals surface area contributed by atoms with Crippen LogP contribution in [-0.4, -0.2) is 20.4 Å². The third kappa shape index (κ3) is 3.93. The Bertz CT molecular complexity index is 1160. The summed E-state index contributed by atoms with van der Waals surface area (Å²) < 4.78 is 2.10. The molecule has 0 N–H and O–H groups in total. The zero-order chi connectivity index (χ0) is 20.4. The minimum Gasteiger partial charge on any atom is -0.322 e. The molecule has 4 rings (SSSR count). The van der Waals surface area contributed by atoms with Crippen molar-refractivity contribution in [2.45, 2.75) is 31.2 Å². The van der Waals surface area contributed by atoms with Gasteiger partial charge in [0.15, 0.2) is 10.3 Å². The van der Waals surface area contributed by atoms with E-state index in [9.17, 15) is 4.79 Å². The summed E-state index contributed by atoms with van der Waals surface area (Å²) in [5.41, 5.74) is 5.10. The van der Waals surface area contributed by atoms with E-state index in [1.165, 1.54) is 11.3 Å². The van der Waals surface area contributed by atoms with Crippen molar-refractivity contribution < 1.29 is 4.79 Å². The maximum absolute atomic E-state index is 12.4. The molecule has 7 heteroatoms. The SMILES string of the molecule is CCc1ccccc1N(C(C)=O)c1nc(CSc2nc3ccccc3n2C)cs1. The molecule has 0 saturated heterocycles. The number of anilines is 2. The van der Waals surface area contributed by atoms with Gasteiger partial charge in [-0.3, -0.25) is 9.69 Å². The van der Waals surface area contributed by atoms with Gasteiger partial charge in [-0.2, -0.15) is 0 Å². The Balaban J connectivity index is 1.56. The highest BCUT2D eigenvalue weighted by molar-refractivity contribution is 7.98. The Morgan fingerprint density at radius 1 is 1.14 bits per heavy atom. The van der Waals surface area contributed by atoms with Gasteiger partial charge in [0, 0.05) is 25.1 Å². The lowest BCUT2D eigenvalue weighted by molar-refractivity contribution is -0.115. The summed E-state index contributed by atoms with van der Waals surface area (Å²) in [6, 6.07) is 16.1. The second-order valence-corrected chi connectivity index (χ2v) is 8.47. The Morgan fingerprint density at radius 3 is 2.66 bits per heavy atom. The van der Waals surface area contributed by atoms with Gasteiger partial charge in [-0.15, -0.1) is 11.3 Å². The fraction of sp³-hybridized carbons (Fsp3) is 0.227. The average Bonchev–Trinajstić information content (AvgIpc) is 3.31. The molecule has 5 nitrogen and oxygen atoms in total. The number of thioether (sulfide) groups is 1. The normalized spacial score (nSPS) is 11.1. The third-order valence-corrected chi connectivity index (χ3v) is 6.69. The number of fused-ring (bicyclic) bond motifs is 1. The maximum atomic E-state index is 12.4. The van der Waals surface area contributed by atoms with Crippen LogP contribution in [0.3, 0.4) is 0 Å². The molecule has 2 heterocycles. The van der Waals surface area contributed by atoms with E-state index >= 15 is 0 Å². The first kappa shape index (κ1) is 19.7. The topological polar surface area (TPSA) is 51.0 Å². The van der Waals surface area contributed by atoms with Gasteiger partial charge in [-0.05, 0) is 30.2 Å². The molecule has 1 amide bonds. The Labute approximate surface area is 178 Å². The fourth-order valence-electron chi connectivity index (χ4n) is 3.29. The largest absolute Gasteiger partial charge is 0.322 e. The molecular formula is C22H22N4OS2. The van der Waals surface area contributed by atoms with Gasteiger partial charge in [0.1, 0.15) is 0 Å². The Morgan fingerprint density at radius 2 is 1.90 bits per heavy atom. The van der Waals surface area contributed by atoms with Gasteiger partial charge in [-0.25, -0.2) is 9.97 Å². The number of hydrogen-bond acceptors (Lipinski definition) is 5. The lowest BCUT2D eigenvalue weighted by Crippen LogP contribution is -2.23. The highest BCUT2D eigenvalue weighted by Crippen LogP contribution is 2.33. The van der Waals surface area contributed by atoms with Gasteiger partial charge in [0.2, 0.25) is 5.91 Å². The van der Waals surface area contributed by atoms with Gasteiger partial charge in [0.05, 0.1) is 22.4 Å². The van der Waals surface area contributed by atoms with Crippen molar-refractivity contribution in [3.8, 4) is 0 Å². The molecule has 0 saturated carbocycles. The van der Waals surface area contributed by atoms with Crippen molar-refractivity contribution in [2.75, 3.05) is 4.90 Å². The molecule has 0 atom stereocenters. The first-order valence-electron chi connectivity index (χ1n) is 9.45. The maximum Gasteiger partial charge on any atom is 0.230 e. The molecule has 0 radical (unpaired) electrons. The Kier molecular flexibility index (Phi) is 5.69. The van der Waals surface area contributed by atoms with Crippen molar-refractivity contribution in [3.63, 3.8) is 0 Å². The van der Waals surface area contributed by atoms with E-state index in [0.29, 0.717) is 10.9 Å². The molecule has 0 fully saturated rings. The molecule has 29 heavy (non-hydrogen) atoms. The zero-order valence-corrected chi connectivity index (χ0v) is 18.3. The van der Waals surface area contributed by atoms with Crippen LogP contribution in [0.2, 0.25) is 0 Å². The summed E-state index contributed by atoms with van der Waals surface area (Å²) in [6.45, 7) is 3.68. The van der Waals surface area contributed by atoms with Crippen LogP contribution in [0.5, 0.6) is 0 Å². The quantitative estimate of drug-likeness (QED) is 0.381. The van der Waals surface area contributed by atoms with E-state index in [-0.39, 0.29) is 5.91 Å². The molecule has 0 aliphatic rings. The molecule has 148 valence electrons. The van der Waals surface area contributed by atoms with Gasteiger partial charge >= 0.3 is 0 Å². The molecule has 2 aromatic carbocycles. The lowest BCUT2D eigenvalue weighted by atomic mass is 10.1. The van der Waals surface area contributed by atoms with Crippen LogP contribution >= 0.6 is 23.1 Å². The molecule has 2 aromatic heterocycles. The van der Waals surface area contributed by atoms with Crippen LogP contribution in [-0.2, 0) is 24.0 Å². The summed E-state index contributed by atoms with van der Waals surface area (Å²) in [7, 11) is 2.03. The van der Waals surface area contributed by atoms with Gasteiger partial charge in [-0.1, -0.05) is 49.0 Å². The van der Waals surface area contributed by atoms with E-state index in [1.54, 1.807) is 23.6 Å². The molecule has 0 unspecified atom stereocenters. The predicted octanol–water partition coefficient (Wildman–Crippen LogP) is 5.57.